The number of nitrogens with zero attached hydrogens (tertiary/aromatic N) is 5. The van der Waals surface area contributed by atoms with Crippen molar-refractivity contribution in [2.45, 2.75) is 11.3 Å². The number of aromatic nitrogens is 3. The number of hydrogen-bond acceptors (Lipinski definition) is 9. The first-order valence-corrected chi connectivity index (χ1v) is 8.68. The molecule has 0 saturated carbocycles. The van der Waals surface area contributed by atoms with Crippen LogP contribution in [0.1, 0.15) is 6.92 Å². The summed E-state index contributed by atoms with van der Waals surface area (Å²) in [5, 5.41) is 10.6. The van der Waals surface area contributed by atoms with Crippen LogP contribution in [0.3, 0.4) is 0 Å². The van der Waals surface area contributed by atoms with Gasteiger partial charge in [0.15, 0.2) is 16.0 Å². The van der Waals surface area contributed by atoms with Crippen molar-refractivity contribution in [3.05, 3.63) is 24.5 Å². The molecule has 9 heteroatoms. The summed E-state index contributed by atoms with van der Waals surface area (Å²) < 4.78 is 1.57. The van der Waals surface area contributed by atoms with Gasteiger partial charge >= 0.3 is 0 Å². The van der Waals surface area contributed by atoms with Crippen LogP contribution < -0.4 is 10.6 Å². The second kappa shape index (κ2) is 6.62. The number of anilines is 2. The minimum absolute atomic E-state index is 0.238. The van der Waals surface area contributed by atoms with E-state index in [1.54, 1.807) is 12.1 Å². The second-order valence-corrected chi connectivity index (χ2v) is 7.60. The molecule has 3 aromatic rings. The molecule has 0 radical (unpaired) electrons. The van der Waals surface area contributed by atoms with Crippen molar-refractivity contribution in [3.63, 3.8) is 0 Å². The van der Waals surface area contributed by atoms with Crippen LogP contribution in [0.5, 0.6) is 5.75 Å². The normalized spacial score (nSPS) is 11.9. The van der Waals surface area contributed by atoms with Gasteiger partial charge in [-0.3, -0.25) is 0 Å². The quantitative estimate of drug-likeness (QED) is 0.420. The van der Waals surface area contributed by atoms with Gasteiger partial charge in [0.1, 0.15) is 17.8 Å². The Morgan fingerprint density at radius 2 is 2.12 bits per heavy atom. The van der Waals surface area contributed by atoms with Gasteiger partial charge in [-0.15, -0.1) is 11.3 Å². The SMILES string of the molecule is CC(=Nc1c(N)ncnc1N(C)C)Sc1nc2cccc(O)c2s1. The molecular weight excluding hydrogens is 344 g/mol. The molecule has 0 fully saturated rings. The first kappa shape index (κ1) is 16.5. The Morgan fingerprint density at radius 3 is 2.83 bits per heavy atom. The third kappa shape index (κ3) is 3.26. The predicted molar refractivity (Wildman–Crippen MR) is 101 cm³/mol. The number of thiazole rings is 1. The Hall–Kier alpha value is -2.39. The molecule has 0 unspecified atom stereocenters. The average molecular weight is 360 g/mol. The number of nitrogen functional groups attached to an aromatic ring is 1. The Kier molecular flexibility index (Phi) is 4.54. The Labute approximate surface area is 147 Å². The van der Waals surface area contributed by atoms with Crippen molar-refractivity contribution in [2.75, 3.05) is 24.7 Å². The molecule has 24 heavy (non-hydrogen) atoms. The van der Waals surface area contributed by atoms with Crippen LogP contribution in [0.2, 0.25) is 0 Å². The highest BCUT2D eigenvalue weighted by molar-refractivity contribution is 8.15. The number of aromatic hydroxyl groups is 1. The van der Waals surface area contributed by atoms with E-state index in [0.29, 0.717) is 17.3 Å². The summed E-state index contributed by atoms with van der Waals surface area (Å²) in [6, 6.07) is 5.30. The van der Waals surface area contributed by atoms with E-state index in [1.165, 1.54) is 29.4 Å². The van der Waals surface area contributed by atoms with Crippen molar-refractivity contribution >= 4 is 55.7 Å². The number of hydrogen-bond donors (Lipinski definition) is 2. The fourth-order valence-corrected chi connectivity index (χ4v) is 4.10. The minimum Gasteiger partial charge on any atom is -0.506 e. The molecule has 124 valence electrons. The van der Waals surface area contributed by atoms with Gasteiger partial charge in [0.25, 0.3) is 0 Å². The third-order valence-electron chi connectivity index (χ3n) is 3.13. The third-order valence-corrected chi connectivity index (χ3v) is 5.17. The monoisotopic (exact) mass is 360 g/mol. The molecule has 7 nitrogen and oxygen atoms in total. The number of thioether (sulfide) groups is 1. The molecule has 2 aromatic heterocycles. The molecule has 0 aliphatic rings. The van der Waals surface area contributed by atoms with Crippen LogP contribution in [0.4, 0.5) is 17.3 Å². The highest BCUT2D eigenvalue weighted by atomic mass is 32.2. The van der Waals surface area contributed by atoms with Crippen molar-refractivity contribution in [2.24, 2.45) is 4.99 Å². The smallest absolute Gasteiger partial charge is 0.159 e. The van der Waals surface area contributed by atoms with E-state index in [-0.39, 0.29) is 5.75 Å². The first-order valence-electron chi connectivity index (χ1n) is 7.05. The highest BCUT2D eigenvalue weighted by Crippen LogP contribution is 2.37. The maximum atomic E-state index is 9.88. The van der Waals surface area contributed by atoms with Gasteiger partial charge < -0.3 is 15.7 Å². The Bertz CT molecular complexity index is 921. The van der Waals surface area contributed by atoms with Gasteiger partial charge in [0.05, 0.1) is 15.3 Å². The molecule has 2 heterocycles. The van der Waals surface area contributed by atoms with E-state index in [0.717, 1.165) is 19.6 Å². The van der Waals surface area contributed by atoms with Gasteiger partial charge in [-0.05, 0) is 30.8 Å². The minimum atomic E-state index is 0.238. The summed E-state index contributed by atoms with van der Waals surface area (Å²) in [5.41, 5.74) is 7.25. The van der Waals surface area contributed by atoms with Crippen molar-refractivity contribution in [1.29, 1.82) is 0 Å². The zero-order valence-corrected chi connectivity index (χ0v) is 15.0. The fraction of sp³-hybridized carbons (Fsp3) is 0.200. The molecule has 0 spiro atoms. The standard InChI is InChI=1S/C15H16N6OS2/c1-8(19-11-13(16)17-7-18-14(11)21(2)3)23-15-20-9-5-4-6-10(22)12(9)24-15/h4-7,22H,1-3H3,(H2,16,17,18). The van der Waals surface area contributed by atoms with Crippen LogP contribution in [0.25, 0.3) is 10.2 Å². The van der Waals surface area contributed by atoms with Gasteiger partial charge in [0.2, 0.25) is 0 Å². The predicted octanol–water partition coefficient (Wildman–Crippen LogP) is 3.28. The molecule has 0 bridgehead atoms. The van der Waals surface area contributed by atoms with Crippen LogP contribution >= 0.6 is 23.1 Å². The fourth-order valence-electron chi connectivity index (χ4n) is 2.08. The van der Waals surface area contributed by atoms with E-state index in [1.807, 2.05) is 32.0 Å². The Morgan fingerprint density at radius 1 is 1.33 bits per heavy atom. The summed E-state index contributed by atoms with van der Waals surface area (Å²) in [7, 11) is 3.75. The van der Waals surface area contributed by atoms with Crippen molar-refractivity contribution in [3.8, 4) is 5.75 Å². The summed E-state index contributed by atoms with van der Waals surface area (Å²) in [5.74, 6) is 1.22. The average Bonchev–Trinajstić information content (AvgIpc) is 2.93. The molecular formula is C15H16N6OS2. The van der Waals surface area contributed by atoms with Gasteiger partial charge in [-0.2, -0.15) is 0 Å². The maximum absolute atomic E-state index is 9.88. The molecule has 0 saturated heterocycles. The van der Waals surface area contributed by atoms with E-state index in [2.05, 4.69) is 19.9 Å². The molecule has 0 aliphatic carbocycles. The first-order chi connectivity index (χ1) is 11.5. The van der Waals surface area contributed by atoms with Crippen LogP contribution in [-0.4, -0.2) is 39.2 Å². The number of rotatable bonds is 3. The van der Waals surface area contributed by atoms with Crippen molar-refractivity contribution in [1.82, 2.24) is 15.0 Å². The number of nitrogens with two attached hydrogens (primary N) is 1. The topological polar surface area (TPSA) is 101 Å². The van der Waals surface area contributed by atoms with E-state index >= 15 is 0 Å². The molecule has 3 N–H and O–H groups in total. The van der Waals surface area contributed by atoms with Gasteiger partial charge in [0, 0.05) is 14.1 Å². The van der Waals surface area contributed by atoms with Crippen LogP contribution in [0.15, 0.2) is 33.9 Å². The molecule has 1 aromatic carbocycles. The highest BCUT2D eigenvalue weighted by Gasteiger charge is 2.13. The van der Waals surface area contributed by atoms with E-state index in [9.17, 15) is 5.11 Å². The number of fused-ring (bicyclic) bond motifs is 1. The second-order valence-electron chi connectivity index (χ2n) is 5.16. The van der Waals surface area contributed by atoms with Crippen LogP contribution in [0, 0.1) is 0 Å². The molecule has 3 rings (SSSR count). The lowest BCUT2D eigenvalue weighted by Gasteiger charge is -2.14. The summed E-state index contributed by atoms with van der Waals surface area (Å²) in [4.78, 5) is 19.1. The lowest BCUT2D eigenvalue weighted by Crippen LogP contribution is -2.12. The summed E-state index contributed by atoms with van der Waals surface area (Å²) in [6.45, 7) is 1.88. The lowest BCUT2D eigenvalue weighted by molar-refractivity contribution is 0.482. The van der Waals surface area contributed by atoms with Crippen molar-refractivity contribution < 1.29 is 5.11 Å². The molecule has 0 amide bonds. The van der Waals surface area contributed by atoms with Gasteiger partial charge in [-0.25, -0.2) is 19.9 Å². The number of benzene rings is 1. The van der Waals surface area contributed by atoms with E-state index in [4.69, 9.17) is 5.73 Å². The zero-order chi connectivity index (χ0) is 17.3. The lowest BCUT2D eigenvalue weighted by atomic mass is 10.3. The van der Waals surface area contributed by atoms with E-state index < -0.39 is 0 Å². The molecule has 0 aliphatic heterocycles. The number of phenolic OH excluding ortho intramolecular Hbond substituents is 1. The zero-order valence-electron chi connectivity index (χ0n) is 13.4. The number of phenols is 1. The summed E-state index contributed by atoms with van der Waals surface area (Å²) in [6.07, 6.45) is 1.42. The maximum Gasteiger partial charge on any atom is 0.159 e. The largest absolute Gasteiger partial charge is 0.506 e. The van der Waals surface area contributed by atoms with Crippen LogP contribution in [-0.2, 0) is 0 Å². The Balaban J connectivity index is 1.93. The summed E-state index contributed by atoms with van der Waals surface area (Å²) >= 11 is 2.84. The van der Waals surface area contributed by atoms with Gasteiger partial charge in [-0.1, -0.05) is 6.07 Å². The molecule has 0 atom stereocenters. The number of aliphatic imine (C=N–C) groups is 1.